The van der Waals surface area contributed by atoms with Gasteiger partial charge < -0.3 is 10.6 Å². The molecule has 5 nitrogen and oxygen atoms in total. The van der Waals surface area contributed by atoms with Crippen LogP contribution in [-0.4, -0.2) is 24.1 Å². The van der Waals surface area contributed by atoms with E-state index >= 15 is 0 Å². The van der Waals surface area contributed by atoms with Gasteiger partial charge in [-0.25, -0.2) is 0 Å². The number of carbonyl (C=O) groups excluding carboxylic acids is 3. The fourth-order valence-corrected chi connectivity index (χ4v) is 3.54. The first kappa shape index (κ1) is 20.5. The summed E-state index contributed by atoms with van der Waals surface area (Å²) in [6, 6.07) is 12.7. The van der Waals surface area contributed by atoms with E-state index < -0.39 is 0 Å². The van der Waals surface area contributed by atoms with Crippen LogP contribution in [0.25, 0.3) is 0 Å². The number of hydrogen-bond donors (Lipinski definition) is 2. The number of Topliss-reactive ketones (excluding diaryl/α,β-unsaturated/α-hetero) is 1. The Hall–Kier alpha value is -3.21. The van der Waals surface area contributed by atoms with Gasteiger partial charge >= 0.3 is 0 Å². The molecule has 150 valence electrons. The second-order valence-corrected chi connectivity index (χ2v) is 7.21. The number of amides is 2. The molecule has 0 fully saturated rings. The van der Waals surface area contributed by atoms with Crippen molar-refractivity contribution in [2.24, 2.45) is 0 Å². The number of benzene rings is 2. The molecule has 1 aliphatic carbocycles. The number of ketones is 1. The molecule has 0 saturated carbocycles. The van der Waals surface area contributed by atoms with Gasteiger partial charge in [0, 0.05) is 24.9 Å². The molecule has 1 aliphatic rings. The first-order valence-electron chi connectivity index (χ1n) is 10.0. The number of anilines is 1. The Bertz CT molecular complexity index is 933. The summed E-state index contributed by atoms with van der Waals surface area (Å²) in [5, 5.41) is 5.44. The van der Waals surface area contributed by atoms with Gasteiger partial charge in [-0.3, -0.25) is 14.4 Å². The number of para-hydroxylation sites is 1. The third-order valence-corrected chi connectivity index (χ3v) is 5.10. The van der Waals surface area contributed by atoms with E-state index in [4.69, 9.17) is 0 Å². The minimum absolute atomic E-state index is 0.0365. The zero-order valence-electron chi connectivity index (χ0n) is 16.5. The largest absolute Gasteiger partial charge is 0.349 e. The van der Waals surface area contributed by atoms with Crippen LogP contribution in [0.15, 0.2) is 55.1 Å². The summed E-state index contributed by atoms with van der Waals surface area (Å²) in [4.78, 5) is 37.1. The predicted octanol–water partition coefficient (Wildman–Crippen LogP) is 4.08. The maximum Gasteiger partial charge on any atom is 0.253 e. The van der Waals surface area contributed by atoms with E-state index in [9.17, 15) is 14.4 Å². The van der Waals surface area contributed by atoms with Gasteiger partial charge in [0.05, 0.1) is 11.3 Å². The van der Waals surface area contributed by atoms with Crippen molar-refractivity contribution in [2.45, 2.75) is 38.5 Å². The lowest BCUT2D eigenvalue weighted by Crippen LogP contribution is -2.25. The lowest BCUT2D eigenvalue weighted by molar-refractivity contribution is -0.116. The fourth-order valence-electron chi connectivity index (χ4n) is 3.54. The number of fused-ring (bicyclic) bond motifs is 1. The summed E-state index contributed by atoms with van der Waals surface area (Å²) in [6.07, 6.45) is 6.24. The molecule has 0 spiro atoms. The molecular formula is C24H26N2O3. The normalized spacial score (nSPS) is 12.6. The summed E-state index contributed by atoms with van der Waals surface area (Å²) in [6.45, 7) is 3.91. The van der Waals surface area contributed by atoms with E-state index in [0.717, 1.165) is 19.3 Å². The van der Waals surface area contributed by atoms with Gasteiger partial charge in [-0.05, 0) is 55.0 Å². The summed E-state index contributed by atoms with van der Waals surface area (Å²) < 4.78 is 0. The van der Waals surface area contributed by atoms with Crippen molar-refractivity contribution < 1.29 is 14.4 Å². The van der Waals surface area contributed by atoms with E-state index in [-0.39, 0.29) is 30.4 Å². The molecule has 2 N–H and O–H groups in total. The lowest BCUT2D eigenvalue weighted by atomic mass is 9.89. The molecular weight excluding hydrogens is 364 g/mol. The first-order chi connectivity index (χ1) is 14.1. The molecule has 0 aliphatic heterocycles. The fraction of sp³-hybridized carbons (Fsp3) is 0.292. The number of aryl methyl sites for hydroxylation is 2. The molecule has 2 aromatic rings. The summed E-state index contributed by atoms with van der Waals surface area (Å²) in [5.74, 6) is -0.614. The molecule has 2 aromatic carbocycles. The highest BCUT2D eigenvalue weighted by Crippen LogP contribution is 2.23. The predicted molar refractivity (Wildman–Crippen MR) is 114 cm³/mol. The zero-order valence-corrected chi connectivity index (χ0v) is 16.5. The number of nitrogens with one attached hydrogen (secondary N) is 2. The van der Waals surface area contributed by atoms with Crippen LogP contribution in [0, 0.1) is 0 Å². The van der Waals surface area contributed by atoms with Crippen LogP contribution in [-0.2, 0) is 17.6 Å². The quantitative estimate of drug-likeness (QED) is 0.527. The topological polar surface area (TPSA) is 75.3 Å². The second-order valence-electron chi connectivity index (χ2n) is 7.21. The van der Waals surface area contributed by atoms with Crippen LogP contribution in [0.3, 0.4) is 0 Å². The Morgan fingerprint density at radius 1 is 0.966 bits per heavy atom. The highest BCUT2D eigenvalue weighted by atomic mass is 16.2. The molecule has 3 rings (SSSR count). The van der Waals surface area contributed by atoms with Crippen LogP contribution in [0.1, 0.15) is 57.5 Å². The van der Waals surface area contributed by atoms with Crippen molar-refractivity contribution in [3.8, 4) is 0 Å². The first-order valence-corrected chi connectivity index (χ1v) is 10.0. The highest BCUT2D eigenvalue weighted by Gasteiger charge is 2.16. The minimum atomic E-state index is -0.291. The Morgan fingerprint density at radius 2 is 1.72 bits per heavy atom. The van der Waals surface area contributed by atoms with E-state index in [1.165, 1.54) is 17.5 Å². The molecule has 2 amide bonds. The Balaban J connectivity index is 1.58. The Kier molecular flexibility index (Phi) is 6.95. The highest BCUT2D eigenvalue weighted by molar-refractivity contribution is 6.05. The number of carbonyl (C=O) groups is 3. The Labute approximate surface area is 171 Å². The Morgan fingerprint density at radius 3 is 2.52 bits per heavy atom. The van der Waals surface area contributed by atoms with Gasteiger partial charge in [-0.1, -0.05) is 30.3 Å². The molecule has 0 heterocycles. The van der Waals surface area contributed by atoms with Gasteiger partial charge in [0.25, 0.3) is 5.91 Å². The van der Waals surface area contributed by atoms with Crippen molar-refractivity contribution in [3.05, 3.63) is 77.4 Å². The van der Waals surface area contributed by atoms with Crippen LogP contribution < -0.4 is 10.6 Å². The van der Waals surface area contributed by atoms with Gasteiger partial charge in [0.1, 0.15) is 0 Å². The summed E-state index contributed by atoms with van der Waals surface area (Å²) >= 11 is 0. The van der Waals surface area contributed by atoms with Crippen molar-refractivity contribution in [2.75, 3.05) is 11.9 Å². The summed E-state index contributed by atoms with van der Waals surface area (Å²) in [5.41, 5.74) is 4.06. The van der Waals surface area contributed by atoms with Crippen LogP contribution >= 0.6 is 0 Å². The van der Waals surface area contributed by atoms with Gasteiger partial charge in [-0.2, -0.15) is 0 Å². The van der Waals surface area contributed by atoms with E-state index in [1.54, 1.807) is 30.3 Å². The van der Waals surface area contributed by atoms with Crippen LogP contribution in [0.4, 0.5) is 5.69 Å². The monoisotopic (exact) mass is 390 g/mol. The third kappa shape index (κ3) is 5.41. The van der Waals surface area contributed by atoms with E-state index in [0.29, 0.717) is 23.4 Å². The van der Waals surface area contributed by atoms with Gasteiger partial charge in [-0.15, -0.1) is 6.58 Å². The van der Waals surface area contributed by atoms with E-state index in [1.807, 2.05) is 18.2 Å². The smallest absolute Gasteiger partial charge is 0.253 e. The van der Waals surface area contributed by atoms with Crippen molar-refractivity contribution in [3.63, 3.8) is 0 Å². The molecule has 0 saturated heterocycles. The maximum absolute atomic E-state index is 12.5. The lowest BCUT2D eigenvalue weighted by Gasteiger charge is -2.16. The van der Waals surface area contributed by atoms with Crippen LogP contribution in [0.2, 0.25) is 0 Å². The second kappa shape index (κ2) is 9.82. The van der Waals surface area contributed by atoms with Crippen LogP contribution in [0.5, 0.6) is 0 Å². The molecule has 0 aromatic heterocycles. The zero-order chi connectivity index (χ0) is 20.6. The minimum Gasteiger partial charge on any atom is -0.349 e. The van der Waals surface area contributed by atoms with Crippen molar-refractivity contribution >= 4 is 23.3 Å². The molecule has 5 heteroatoms. The molecule has 0 radical (unpaired) electrons. The average Bonchev–Trinajstić information content (AvgIpc) is 2.75. The average molecular weight is 390 g/mol. The number of rotatable bonds is 8. The SMILES string of the molecule is C=CCNC(=O)c1ccccc1NC(=O)CCC(=O)c1ccc2c(c1)CCCC2. The molecule has 29 heavy (non-hydrogen) atoms. The van der Waals surface area contributed by atoms with E-state index in [2.05, 4.69) is 17.2 Å². The van der Waals surface area contributed by atoms with Crippen molar-refractivity contribution in [1.82, 2.24) is 5.32 Å². The van der Waals surface area contributed by atoms with Gasteiger partial charge in [0.2, 0.25) is 5.91 Å². The molecule has 0 bridgehead atoms. The van der Waals surface area contributed by atoms with Gasteiger partial charge in [0.15, 0.2) is 5.78 Å². The molecule has 0 atom stereocenters. The molecule has 0 unspecified atom stereocenters. The number of hydrogen-bond acceptors (Lipinski definition) is 3. The maximum atomic E-state index is 12.5. The van der Waals surface area contributed by atoms with Crippen molar-refractivity contribution in [1.29, 1.82) is 0 Å². The third-order valence-electron chi connectivity index (χ3n) is 5.10. The standard InChI is InChI=1S/C24H26N2O3/c1-2-15-25-24(29)20-9-5-6-10-21(20)26-23(28)14-13-22(27)19-12-11-17-7-3-4-8-18(17)16-19/h2,5-6,9-12,16H,1,3-4,7-8,13-15H2,(H,25,29)(H,26,28). The summed E-state index contributed by atoms with van der Waals surface area (Å²) in [7, 11) is 0.